The van der Waals surface area contributed by atoms with E-state index in [2.05, 4.69) is 0 Å². The number of anilines is 1. The topological polar surface area (TPSA) is 83.6 Å². The summed E-state index contributed by atoms with van der Waals surface area (Å²) in [7, 11) is 0. The van der Waals surface area contributed by atoms with E-state index in [1.807, 2.05) is 0 Å². The van der Waals surface area contributed by atoms with Crippen LogP contribution in [0.2, 0.25) is 0 Å². The van der Waals surface area contributed by atoms with Crippen molar-refractivity contribution in [3.05, 3.63) is 29.6 Å². The molecule has 0 heterocycles. The molecule has 0 atom stereocenters. The van der Waals surface area contributed by atoms with Crippen LogP contribution in [-0.2, 0) is 4.79 Å². The predicted molar refractivity (Wildman–Crippen MR) is 60.0 cm³/mol. The van der Waals surface area contributed by atoms with Crippen molar-refractivity contribution in [1.29, 1.82) is 0 Å². The SMILES string of the molecule is CCN(CC(=O)O)C(=O)c1ccc(N)c(F)c1. The van der Waals surface area contributed by atoms with Crippen LogP contribution in [0.15, 0.2) is 18.2 Å². The van der Waals surface area contributed by atoms with Crippen LogP contribution in [0, 0.1) is 5.82 Å². The Morgan fingerprint density at radius 1 is 1.47 bits per heavy atom. The number of carboxylic acids is 1. The van der Waals surface area contributed by atoms with E-state index < -0.39 is 24.2 Å². The average Bonchev–Trinajstić information content (AvgIpc) is 2.28. The molecule has 0 radical (unpaired) electrons. The highest BCUT2D eigenvalue weighted by molar-refractivity contribution is 5.96. The lowest BCUT2D eigenvalue weighted by Gasteiger charge is -2.18. The van der Waals surface area contributed by atoms with Gasteiger partial charge in [-0.25, -0.2) is 4.39 Å². The first-order valence-electron chi connectivity index (χ1n) is 5.01. The molecule has 92 valence electrons. The van der Waals surface area contributed by atoms with Gasteiger partial charge in [0.1, 0.15) is 12.4 Å². The van der Waals surface area contributed by atoms with Gasteiger partial charge in [0, 0.05) is 12.1 Å². The Kier molecular flexibility index (Phi) is 4.03. The van der Waals surface area contributed by atoms with Crippen LogP contribution in [-0.4, -0.2) is 35.0 Å². The Labute approximate surface area is 97.6 Å². The van der Waals surface area contributed by atoms with E-state index in [0.29, 0.717) is 0 Å². The summed E-state index contributed by atoms with van der Waals surface area (Å²) in [6.45, 7) is 1.47. The van der Waals surface area contributed by atoms with Crippen molar-refractivity contribution >= 4 is 17.6 Å². The molecule has 1 aromatic rings. The fourth-order valence-electron chi connectivity index (χ4n) is 1.33. The maximum atomic E-state index is 13.2. The molecule has 6 heteroatoms. The summed E-state index contributed by atoms with van der Waals surface area (Å²) in [4.78, 5) is 23.5. The number of benzene rings is 1. The van der Waals surface area contributed by atoms with E-state index in [-0.39, 0.29) is 17.8 Å². The molecule has 1 rings (SSSR count). The molecule has 5 nitrogen and oxygen atoms in total. The molecular formula is C11H13FN2O3. The molecule has 0 aliphatic carbocycles. The largest absolute Gasteiger partial charge is 0.480 e. The molecule has 0 aromatic heterocycles. The van der Waals surface area contributed by atoms with E-state index in [1.54, 1.807) is 6.92 Å². The molecule has 3 N–H and O–H groups in total. The highest BCUT2D eigenvalue weighted by Gasteiger charge is 2.17. The van der Waals surface area contributed by atoms with Gasteiger partial charge in [-0.15, -0.1) is 0 Å². The number of carbonyl (C=O) groups is 2. The van der Waals surface area contributed by atoms with Crippen LogP contribution in [0.4, 0.5) is 10.1 Å². The number of halogens is 1. The van der Waals surface area contributed by atoms with Crippen molar-refractivity contribution < 1.29 is 19.1 Å². The Hall–Kier alpha value is -2.11. The molecule has 17 heavy (non-hydrogen) atoms. The second kappa shape index (κ2) is 5.29. The lowest BCUT2D eigenvalue weighted by molar-refractivity contribution is -0.137. The van der Waals surface area contributed by atoms with Crippen LogP contribution in [0.1, 0.15) is 17.3 Å². The smallest absolute Gasteiger partial charge is 0.323 e. The van der Waals surface area contributed by atoms with Gasteiger partial charge in [-0.3, -0.25) is 9.59 Å². The van der Waals surface area contributed by atoms with Crippen molar-refractivity contribution in [3.63, 3.8) is 0 Å². The van der Waals surface area contributed by atoms with Crippen LogP contribution in [0.25, 0.3) is 0 Å². The lowest BCUT2D eigenvalue weighted by Crippen LogP contribution is -2.35. The van der Waals surface area contributed by atoms with Crippen LogP contribution in [0.5, 0.6) is 0 Å². The second-order valence-electron chi connectivity index (χ2n) is 3.45. The molecule has 0 unspecified atom stereocenters. The van der Waals surface area contributed by atoms with Crippen molar-refractivity contribution in [2.45, 2.75) is 6.92 Å². The summed E-state index contributed by atoms with van der Waals surface area (Å²) >= 11 is 0. The Morgan fingerprint density at radius 2 is 2.12 bits per heavy atom. The molecule has 1 amide bonds. The van der Waals surface area contributed by atoms with Gasteiger partial charge in [0.05, 0.1) is 5.69 Å². The standard InChI is InChI=1S/C11H13FN2O3/c1-2-14(6-10(15)16)11(17)7-3-4-9(13)8(12)5-7/h3-5H,2,6,13H2,1H3,(H,15,16). The number of carbonyl (C=O) groups excluding carboxylic acids is 1. The fraction of sp³-hybridized carbons (Fsp3) is 0.273. The summed E-state index contributed by atoms with van der Waals surface area (Å²) in [5, 5.41) is 8.62. The third kappa shape index (κ3) is 3.17. The number of carboxylic acid groups (broad SMARTS) is 1. The third-order valence-electron chi connectivity index (χ3n) is 2.24. The van der Waals surface area contributed by atoms with Crippen LogP contribution < -0.4 is 5.73 Å². The van der Waals surface area contributed by atoms with E-state index in [9.17, 15) is 14.0 Å². The fourth-order valence-corrected chi connectivity index (χ4v) is 1.33. The molecule has 0 aliphatic rings. The molecule has 0 aliphatic heterocycles. The maximum Gasteiger partial charge on any atom is 0.323 e. The molecule has 0 saturated heterocycles. The normalized spacial score (nSPS) is 10.0. The highest BCUT2D eigenvalue weighted by Crippen LogP contribution is 2.13. The minimum Gasteiger partial charge on any atom is -0.480 e. The molecule has 1 aromatic carbocycles. The Balaban J connectivity index is 2.93. The van der Waals surface area contributed by atoms with Crippen molar-refractivity contribution in [3.8, 4) is 0 Å². The average molecular weight is 240 g/mol. The first kappa shape index (κ1) is 13.0. The van der Waals surface area contributed by atoms with Crippen molar-refractivity contribution in [1.82, 2.24) is 4.90 Å². The van der Waals surface area contributed by atoms with Crippen molar-refractivity contribution in [2.75, 3.05) is 18.8 Å². The van der Waals surface area contributed by atoms with Crippen LogP contribution in [0.3, 0.4) is 0 Å². The summed E-state index contributed by atoms with van der Waals surface area (Å²) in [6, 6.07) is 3.64. The molecule has 0 spiro atoms. The van der Waals surface area contributed by atoms with Gasteiger partial charge in [0.25, 0.3) is 5.91 Å². The van der Waals surface area contributed by atoms with Gasteiger partial charge in [-0.1, -0.05) is 0 Å². The number of hydrogen-bond donors (Lipinski definition) is 2. The van der Waals surface area contributed by atoms with Crippen LogP contribution >= 0.6 is 0 Å². The Bertz CT molecular complexity index is 448. The van der Waals surface area contributed by atoms with E-state index in [4.69, 9.17) is 10.8 Å². The summed E-state index contributed by atoms with van der Waals surface area (Å²) in [5.41, 5.74) is 5.31. The van der Waals surface area contributed by atoms with Gasteiger partial charge in [0.2, 0.25) is 0 Å². The molecule has 0 saturated carbocycles. The number of aliphatic carboxylic acids is 1. The number of hydrogen-bond acceptors (Lipinski definition) is 3. The predicted octanol–water partition coefficient (Wildman–Crippen LogP) is 0.955. The number of rotatable bonds is 4. The van der Waals surface area contributed by atoms with Crippen molar-refractivity contribution in [2.24, 2.45) is 0 Å². The summed E-state index contributed by atoms with van der Waals surface area (Å²) < 4.78 is 13.2. The minimum absolute atomic E-state index is 0.0529. The maximum absolute atomic E-state index is 13.2. The summed E-state index contributed by atoms with van der Waals surface area (Å²) in [6.07, 6.45) is 0. The Morgan fingerprint density at radius 3 is 2.59 bits per heavy atom. The monoisotopic (exact) mass is 240 g/mol. The molecular weight excluding hydrogens is 227 g/mol. The number of nitrogens with two attached hydrogens (primary N) is 1. The number of nitrogen functional groups attached to an aromatic ring is 1. The third-order valence-corrected chi connectivity index (χ3v) is 2.24. The molecule has 0 fully saturated rings. The van der Waals surface area contributed by atoms with Gasteiger partial charge in [-0.2, -0.15) is 0 Å². The van der Waals surface area contributed by atoms with E-state index in [0.717, 1.165) is 11.0 Å². The number of nitrogens with zero attached hydrogens (tertiary/aromatic N) is 1. The highest BCUT2D eigenvalue weighted by atomic mass is 19.1. The minimum atomic E-state index is -1.11. The van der Waals surface area contributed by atoms with E-state index in [1.165, 1.54) is 12.1 Å². The molecule has 0 bridgehead atoms. The van der Waals surface area contributed by atoms with Gasteiger partial charge < -0.3 is 15.7 Å². The van der Waals surface area contributed by atoms with Gasteiger partial charge in [0.15, 0.2) is 0 Å². The van der Waals surface area contributed by atoms with Gasteiger partial charge in [-0.05, 0) is 25.1 Å². The quantitative estimate of drug-likeness (QED) is 0.767. The first-order chi connectivity index (χ1) is 7.95. The zero-order valence-corrected chi connectivity index (χ0v) is 9.31. The summed E-state index contributed by atoms with van der Waals surface area (Å²) in [5.74, 6) is -2.34. The van der Waals surface area contributed by atoms with Gasteiger partial charge >= 0.3 is 5.97 Å². The number of likely N-dealkylation sites (N-methyl/N-ethyl adjacent to an activating group) is 1. The zero-order chi connectivity index (χ0) is 13.0. The second-order valence-corrected chi connectivity index (χ2v) is 3.45. The zero-order valence-electron chi connectivity index (χ0n) is 9.31. The van der Waals surface area contributed by atoms with E-state index >= 15 is 0 Å². The lowest BCUT2D eigenvalue weighted by atomic mass is 10.1. The first-order valence-corrected chi connectivity index (χ1v) is 5.01. The number of amides is 1.